The molecule has 0 aliphatic rings. The number of amides is 1. The number of carbonyl (C=O) groups excluding carboxylic acids is 1. The van der Waals surface area contributed by atoms with Gasteiger partial charge >= 0.3 is 0 Å². The van der Waals surface area contributed by atoms with E-state index in [9.17, 15) is 4.79 Å². The number of ether oxygens (including phenoxy) is 2. The van der Waals surface area contributed by atoms with Crippen LogP contribution in [0.15, 0.2) is 41.4 Å². The van der Waals surface area contributed by atoms with Crippen molar-refractivity contribution in [2.75, 3.05) is 38.7 Å². The molecule has 2 rings (SSSR count). The zero-order chi connectivity index (χ0) is 22.5. The second-order valence-corrected chi connectivity index (χ2v) is 6.97. The number of guanidine groups is 1. The quantitative estimate of drug-likeness (QED) is 0.170. The summed E-state index contributed by atoms with van der Waals surface area (Å²) < 4.78 is 11.2. The second kappa shape index (κ2) is 15.4. The average molecular weight is 555 g/mol. The van der Waals surface area contributed by atoms with Gasteiger partial charge in [0.15, 0.2) is 5.96 Å². The minimum Gasteiger partial charge on any atom is -0.491 e. The highest BCUT2D eigenvalue weighted by Gasteiger charge is 2.07. The van der Waals surface area contributed by atoms with Crippen molar-refractivity contribution in [3.8, 4) is 5.75 Å². The predicted octanol–water partition coefficient (Wildman–Crippen LogP) is 3.43. The molecule has 0 bridgehead atoms. The fourth-order valence-electron chi connectivity index (χ4n) is 2.81. The summed E-state index contributed by atoms with van der Waals surface area (Å²) in [5, 5.41) is 9.21. The molecule has 0 radical (unpaired) electrons. The molecule has 0 aliphatic carbocycles. The van der Waals surface area contributed by atoms with Gasteiger partial charge in [-0.05, 0) is 44.5 Å². The van der Waals surface area contributed by atoms with Crippen molar-refractivity contribution in [3.63, 3.8) is 0 Å². The molecule has 0 spiro atoms. The molecule has 2 aromatic rings. The Bertz CT molecular complexity index is 876. The number of aromatic nitrogens is 1. The molecule has 0 saturated heterocycles. The SMILES string of the molecule is CCOCCOc1cc(C)ccc1CNC(=NC)NCCC(=O)Nc1cccc(C)n1.I. The Morgan fingerprint density at radius 1 is 1.12 bits per heavy atom. The average Bonchev–Trinajstić information content (AvgIpc) is 2.74. The summed E-state index contributed by atoms with van der Waals surface area (Å²) >= 11 is 0. The summed E-state index contributed by atoms with van der Waals surface area (Å²) in [6.07, 6.45) is 0.298. The third-order valence-corrected chi connectivity index (χ3v) is 4.38. The molecule has 176 valence electrons. The summed E-state index contributed by atoms with van der Waals surface area (Å²) in [5.74, 6) is 1.89. The summed E-state index contributed by atoms with van der Waals surface area (Å²) in [7, 11) is 1.70. The van der Waals surface area contributed by atoms with Gasteiger partial charge in [-0.15, -0.1) is 24.0 Å². The molecular weight excluding hydrogens is 521 g/mol. The molecule has 1 aromatic carbocycles. The Labute approximate surface area is 207 Å². The molecule has 1 amide bonds. The second-order valence-electron chi connectivity index (χ2n) is 6.97. The predicted molar refractivity (Wildman–Crippen MR) is 139 cm³/mol. The molecular formula is C23H34IN5O3. The highest BCUT2D eigenvalue weighted by molar-refractivity contribution is 14.0. The van der Waals surface area contributed by atoms with Crippen LogP contribution >= 0.6 is 24.0 Å². The molecule has 1 aromatic heterocycles. The number of aliphatic imine (C=N–C) groups is 1. The monoisotopic (exact) mass is 555 g/mol. The topological polar surface area (TPSA) is 96.9 Å². The number of benzene rings is 1. The van der Waals surface area contributed by atoms with Gasteiger partial charge in [0, 0.05) is 44.4 Å². The lowest BCUT2D eigenvalue weighted by Gasteiger charge is -2.15. The zero-order valence-corrected chi connectivity index (χ0v) is 21.6. The highest BCUT2D eigenvalue weighted by atomic mass is 127. The Balaban J connectivity index is 0.00000512. The number of aryl methyl sites for hydroxylation is 2. The lowest BCUT2D eigenvalue weighted by molar-refractivity contribution is -0.116. The van der Waals surface area contributed by atoms with Gasteiger partial charge in [0.25, 0.3) is 0 Å². The first-order chi connectivity index (χ1) is 15.0. The standard InChI is InChI=1S/C23H33N5O3.HI/c1-5-30-13-14-31-20-15-17(2)9-10-19(20)16-26-23(24-4)25-12-11-22(29)28-21-8-6-7-18(3)27-21;/h6-10,15H,5,11-14,16H2,1-4H3,(H2,24,25,26)(H,27,28,29);1H. The van der Waals surface area contributed by atoms with E-state index in [0.717, 1.165) is 22.6 Å². The van der Waals surface area contributed by atoms with Crippen LogP contribution in [-0.2, 0) is 16.1 Å². The third-order valence-electron chi connectivity index (χ3n) is 4.38. The van der Waals surface area contributed by atoms with Crippen LogP contribution in [-0.4, -0.2) is 50.3 Å². The molecule has 0 atom stereocenters. The van der Waals surface area contributed by atoms with Crippen molar-refractivity contribution >= 4 is 41.7 Å². The van der Waals surface area contributed by atoms with Crippen LogP contribution in [0.3, 0.4) is 0 Å². The Kier molecular flexibility index (Phi) is 13.3. The van der Waals surface area contributed by atoms with Crippen molar-refractivity contribution in [1.29, 1.82) is 0 Å². The number of pyridine rings is 1. The molecule has 0 saturated carbocycles. The van der Waals surface area contributed by atoms with E-state index in [1.54, 1.807) is 13.1 Å². The van der Waals surface area contributed by atoms with E-state index in [1.807, 2.05) is 51.1 Å². The van der Waals surface area contributed by atoms with E-state index in [4.69, 9.17) is 9.47 Å². The number of nitrogens with one attached hydrogen (secondary N) is 3. The van der Waals surface area contributed by atoms with Crippen LogP contribution in [0.4, 0.5) is 5.82 Å². The van der Waals surface area contributed by atoms with E-state index >= 15 is 0 Å². The lowest BCUT2D eigenvalue weighted by atomic mass is 10.1. The minimum atomic E-state index is -0.107. The minimum absolute atomic E-state index is 0. The number of rotatable bonds is 11. The smallest absolute Gasteiger partial charge is 0.227 e. The molecule has 3 N–H and O–H groups in total. The van der Waals surface area contributed by atoms with Crippen LogP contribution in [0.1, 0.15) is 30.2 Å². The lowest BCUT2D eigenvalue weighted by Crippen LogP contribution is -2.38. The molecule has 1 heterocycles. The maximum absolute atomic E-state index is 12.1. The Hall–Kier alpha value is -2.40. The largest absolute Gasteiger partial charge is 0.491 e. The van der Waals surface area contributed by atoms with Gasteiger partial charge in [-0.2, -0.15) is 0 Å². The molecule has 0 aliphatic heterocycles. The molecule has 8 nitrogen and oxygen atoms in total. The zero-order valence-electron chi connectivity index (χ0n) is 19.2. The maximum Gasteiger partial charge on any atom is 0.227 e. The van der Waals surface area contributed by atoms with Gasteiger partial charge in [-0.25, -0.2) is 4.98 Å². The van der Waals surface area contributed by atoms with Crippen LogP contribution in [0.5, 0.6) is 5.75 Å². The van der Waals surface area contributed by atoms with Crippen LogP contribution in [0.2, 0.25) is 0 Å². The normalized spacial score (nSPS) is 10.8. The van der Waals surface area contributed by atoms with Gasteiger partial charge in [0.05, 0.1) is 6.61 Å². The molecule has 0 unspecified atom stereocenters. The first kappa shape index (κ1) is 27.6. The van der Waals surface area contributed by atoms with E-state index < -0.39 is 0 Å². The van der Waals surface area contributed by atoms with Crippen LogP contribution in [0, 0.1) is 13.8 Å². The number of hydrogen-bond donors (Lipinski definition) is 3. The molecule has 32 heavy (non-hydrogen) atoms. The highest BCUT2D eigenvalue weighted by Crippen LogP contribution is 2.20. The van der Waals surface area contributed by atoms with Gasteiger partial charge in [-0.1, -0.05) is 18.2 Å². The summed E-state index contributed by atoms with van der Waals surface area (Å²) in [4.78, 5) is 20.6. The van der Waals surface area contributed by atoms with Crippen LogP contribution < -0.4 is 20.7 Å². The molecule has 9 heteroatoms. The maximum atomic E-state index is 12.1. The van der Waals surface area contributed by atoms with E-state index in [0.29, 0.717) is 51.1 Å². The summed E-state index contributed by atoms with van der Waals surface area (Å²) in [6.45, 7) is 8.60. The Morgan fingerprint density at radius 3 is 2.66 bits per heavy atom. The van der Waals surface area contributed by atoms with Gasteiger partial charge < -0.3 is 25.4 Å². The first-order valence-corrected chi connectivity index (χ1v) is 10.5. The van der Waals surface area contributed by atoms with Gasteiger partial charge in [0.1, 0.15) is 18.2 Å². The van der Waals surface area contributed by atoms with Crippen molar-refractivity contribution in [2.24, 2.45) is 4.99 Å². The van der Waals surface area contributed by atoms with Gasteiger partial charge in [0.2, 0.25) is 5.91 Å². The number of hydrogen-bond acceptors (Lipinski definition) is 5. The fraction of sp³-hybridized carbons (Fsp3) is 0.435. The Morgan fingerprint density at radius 2 is 1.94 bits per heavy atom. The number of nitrogens with zero attached hydrogens (tertiary/aromatic N) is 2. The third kappa shape index (κ3) is 10.3. The van der Waals surface area contributed by atoms with Crippen molar-refractivity contribution in [2.45, 2.75) is 33.7 Å². The van der Waals surface area contributed by atoms with E-state index in [-0.39, 0.29) is 29.9 Å². The number of carbonyl (C=O) groups is 1. The van der Waals surface area contributed by atoms with Gasteiger partial charge in [-0.3, -0.25) is 9.79 Å². The van der Waals surface area contributed by atoms with E-state index in [2.05, 4.69) is 25.9 Å². The van der Waals surface area contributed by atoms with E-state index in [1.165, 1.54) is 0 Å². The van der Waals surface area contributed by atoms with Crippen molar-refractivity contribution < 1.29 is 14.3 Å². The van der Waals surface area contributed by atoms with Crippen molar-refractivity contribution in [1.82, 2.24) is 15.6 Å². The number of anilines is 1. The summed E-state index contributed by atoms with van der Waals surface area (Å²) in [5.41, 5.74) is 3.01. The van der Waals surface area contributed by atoms with Crippen molar-refractivity contribution in [3.05, 3.63) is 53.2 Å². The fourth-order valence-corrected chi connectivity index (χ4v) is 2.81. The van der Waals surface area contributed by atoms with Crippen LogP contribution in [0.25, 0.3) is 0 Å². The first-order valence-electron chi connectivity index (χ1n) is 10.5. The summed E-state index contributed by atoms with van der Waals surface area (Å²) in [6, 6.07) is 11.6. The molecule has 0 fully saturated rings. The number of halogens is 1.